The van der Waals surface area contributed by atoms with Gasteiger partial charge in [-0.15, -0.1) is 0 Å². The molecule has 3 aliphatic rings. The number of rotatable bonds is 6. The number of aromatic nitrogens is 1. The van der Waals surface area contributed by atoms with Crippen molar-refractivity contribution in [1.82, 2.24) is 9.47 Å². The number of fused-ring (bicyclic) bond motifs is 3. The molecular formula is C33H39ClN2O5. The molecule has 0 saturated carbocycles. The topological polar surface area (TPSA) is 70.0 Å². The van der Waals surface area contributed by atoms with E-state index in [0.717, 1.165) is 37.9 Å². The summed E-state index contributed by atoms with van der Waals surface area (Å²) >= 11 is 5.75. The first kappa shape index (κ1) is 29.2. The van der Waals surface area contributed by atoms with Gasteiger partial charge in [-0.25, -0.2) is 9.59 Å². The molecule has 4 heterocycles. The Morgan fingerprint density at radius 1 is 1.07 bits per heavy atom. The van der Waals surface area contributed by atoms with Gasteiger partial charge in [0.2, 0.25) is 0 Å². The molecule has 218 valence electrons. The minimum atomic E-state index is -0.996. The van der Waals surface area contributed by atoms with Gasteiger partial charge < -0.3 is 18.8 Å². The van der Waals surface area contributed by atoms with Crippen LogP contribution in [0.5, 0.6) is 5.75 Å². The minimum absolute atomic E-state index is 0.0430. The maximum absolute atomic E-state index is 12.7. The van der Waals surface area contributed by atoms with E-state index in [-0.39, 0.29) is 17.4 Å². The summed E-state index contributed by atoms with van der Waals surface area (Å²) in [5.74, 6) is -0.0232. The predicted octanol–water partition coefficient (Wildman–Crippen LogP) is 6.82. The first-order valence-corrected chi connectivity index (χ1v) is 14.8. The van der Waals surface area contributed by atoms with Gasteiger partial charge in [-0.3, -0.25) is 4.90 Å². The van der Waals surface area contributed by atoms with Crippen LogP contribution in [0, 0.1) is 5.41 Å². The number of esters is 2. The van der Waals surface area contributed by atoms with E-state index in [1.54, 1.807) is 45.0 Å². The zero-order chi connectivity index (χ0) is 29.4. The van der Waals surface area contributed by atoms with Crippen LogP contribution in [0.2, 0.25) is 5.02 Å². The molecule has 7 nitrogen and oxygen atoms in total. The summed E-state index contributed by atoms with van der Waals surface area (Å²) in [6.07, 6.45) is 6.70. The molecule has 0 spiro atoms. The Kier molecular flexibility index (Phi) is 8.22. The third kappa shape index (κ3) is 5.26. The molecule has 0 aliphatic carbocycles. The van der Waals surface area contributed by atoms with E-state index in [9.17, 15) is 9.59 Å². The maximum atomic E-state index is 12.7. The zero-order valence-corrected chi connectivity index (χ0v) is 25.3. The van der Waals surface area contributed by atoms with Crippen LogP contribution >= 0.6 is 11.6 Å². The summed E-state index contributed by atoms with van der Waals surface area (Å²) in [6, 6.07) is 15.7. The van der Waals surface area contributed by atoms with Crippen LogP contribution in [0.4, 0.5) is 0 Å². The Morgan fingerprint density at radius 2 is 1.80 bits per heavy atom. The number of para-hydroxylation sites is 1. The Hall–Kier alpha value is -3.29. The molecule has 41 heavy (non-hydrogen) atoms. The lowest BCUT2D eigenvalue weighted by atomic mass is 9.66. The van der Waals surface area contributed by atoms with E-state index in [2.05, 4.69) is 46.7 Å². The van der Waals surface area contributed by atoms with E-state index in [4.69, 9.17) is 25.8 Å². The van der Waals surface area contributed by atoms with Gasteiger partial charge in [-0.2, -0.15) is 0 Å². The molecule has 1 fully saturated rings. The molecule has 0 radical (unpaired) electrons. The number of ether oxygens (including phenoxy) is 3. The lowest BCUT2D eigenvalue weighted by molar-refractivity contribution is -0.158. The molecule has 0 N–H and O–H groups in total. The highest BCUT2D eigenvalue weighted by Crippen LogP contribution is 2.57. The van der Waals surface area contributed by atoms with E-state index < -0.39 is 5.60 Å². The second-order valence-corrected chi connectivity index (χ2v) is 11.8. The Labute approximate surface area is 247 Å². The van der Waals surface area contributed by atoms with Crippen LogP contribution < -0.4 is 4.74 Å². The zero-order valence-electron chi connectivity index (χ0n) is 24.5. The van der Waals surface area contributed by atoms with E-state index in [1.807, 2.05) is 0 Å². The SMILES string of the molecule is CCOC(=O)C(C)(C)Oc1ccc(Cl)cc1.CC[C@@]12C=C(C(=O)OC)n3c4c(c5ccccc53)CCN(CCC1)[C@H]42. The molecule has 1 aromatic heterocycles. The van der Waals surface area contributed by atoms with Crippen LogP contribution in [0.25, 0.3) is 16.6 Å². The highest BCUT2D eigenvalue weighted by atomic mass is 35.5. The van der Waals surface area contributed by atoms with Crippen molar-refractivity contribution >= 4 is 40.1 Å². The average molecular weight is 579 g/mol. The second-order valence-electron chi connectivity index (χ2n) is 11.4. The molecular weight excluding hydrogens is 540 g/mol. The summed E-state index contributed by atoms with van der Waals surface area (Å²) in [5, 5.41) is 1.92. The van der Waals surface area contributed by atoms with Gasteiger partial charge in [0, 0.05) is 28.1 Å². The fourth-order valence-electron chi connectivity index (χ4n) is 6.68. The van der Waals surface area contributed by atoms with Crippen molar-refractivity contribution in [2.45, 2.75) is 65.0 Å². The lowest BCUT2D eigenvalue weighted by Gasteiger charge is -2.53. The summed E-state index contributed by atoms with van der Waals surface area (Å²) < 4.78 is 17.8. The van der Waals surface area contributed by atoms with Gasteiger partial charge in [0.15, 0.2) is 5.60 Å². The summed E-state index contributed by atoms with van der Waals surface area (Å²) in [7, 11) is 1.49. The molecule has 6 rings (SSSR count). The van der Waals surface area contributed by atoms with Crippen molar-refractivity contribution in [2.75, 3.05) is 26.8 Å². The number of nitrogens with zero attached hydrogens (tertiary/aromatic N) is 2. The highest BCUT2D eigenvalue weighted by molar-refractivity contribution is 6.30. The van der Waals surface area contributed by atoms with Crippen LogP contribution in [0.15, 0.2) is 54.6 Å². The predicted molar refractivity (Wildman–Crippen MR) is 161 cm³/mol. The third-order valence-electron chi connectivity index (χ3n) is 8.60. The first-order chi connectivity index (χ1) is 19.7. The number of hydrogen-bond acceptors (Lipinski definition) is 6. The molecule has 0 amide bonds. The Morgan fingerprint density at radius 3 is 2.49 bits per heavy atom. The van der Waals surface area contributed by atoms with E-state index in [0.29, 0.717) is 29.1 Å². The van der Waals surface area contributed by atoms with Gasteiger partial charge in [-0.1, -0.05) is 36.7 Å². The van der Waals surface area contributed by atoms with Gasteiger partial charge in [0.25, 0.3) is 0 Å². The summed E-state index contributed by atoms with van der Waals surface area (Å²) in [4.78, 5) is 26.9. The molecule has 1 saturated heterocycles. The molecule has 0 bridgehead atoms. The third-order valence-corrected chi connectivity index (χ3v) is 8.85. The maximum Gasteiger partial charge on any atom is 0.354 e. The van der Waals surface area contributed by atoms with Crippen molar-refractivity contribution in [3.05, 3.63) is 70.9 Å². The number of hydrogen-bond donors (Lipinski definition) is 0. The van der Waals surface area contributed by atoms with Crippen LogP contribution in [-0.4, -0.2) is 53.8 Å². The van der Waals surface area contributed by atoms with Crippen molar-refractivity contribution in [1.29, 1.82) is 0 Å². The van der Waals surface area contributed by atoms with Crippen molar-refractivity contribution < 1.29 is 23.8 Å². The van der Waals surface area contributed by atoms with Crippen molar-refractivity contribution in [2.24, 2.45) is 5.41 Å². The summed E-state index contributed by atoms with van der Waals surface area (Å²) in [5.41, 5.74) is 3.68. The highest BCUT2D eigenvalue weighted by Gasteiger charge is 2.51. The molecule has 8 heteroatoms. The molecule has 3 aromatic rings. The van der Waals surface area contributed by atoms with Crippen molar-refractivity contribution in [3.63, 3.8) is 0 Å². The van der Waals surface area contributed by atoms with E-state index >= 15 is 0 Å². The number of piperidine rings is 1. The van der Waals surface area contributed by atoms with Gasteiger partial charge in [-0.05, 0) is 95.0 Å². The molecule has 3 aliphatic heterocycles. The monoisotopic (exact) mass is 578 g/mol. The van der Waals surface area contributed by atoms with E-state index in [1.165, 1.54) is 30.2 Å². The van der Waals surface area contributed by atoms with Crippen molar-refractivity contribution in [3.8, 4) is 5.75 Å². The normalized spacial score (nSPS) is 21.2. The number of halogens is 1. The number of carbonyl (C=O) groups is 2. The van der Waals surface area contributed by atoms with Crippen LogP contribution in [-0.2, 0) is 25.5 Å². The van der Waals surface area contributed by atoms with Crippen LogP contribution in [0.3, 0.4) is 0 Å². The quantitative estimate of drug-likeness (QED) is 0.299. The number of methoxy groups -OCH3 is 1. The van der Waals surface area contributed by atoms with Gasteiger partial charge in [0.05, 0.1) is 25.3 Å². The fraction of sp³-hybridized carbons (Fsp3) is 0.455. The van der Waals surface area contributed by atoms with Crippen LogP contribution in [0.1, 0.15) is 64.3 Å². The Bertz CT molecular complexity index is 1470. The summed E-state index contributed by atoms with van der Waals surface area (Å²) in [6.45, 7) is 9.98. The lowest BCUT2D eigenvalue weighted by Crippen LogP contribution is -2.51. The average Bonchev–Trinajstić information content (AvgIpc) is 3.32. The second kappa shape index (κ2) is 11.5. The molecule has 0 unspecified atom stereocenters. The molecule has 2 aromatic carbocycles. The van der Waals surface area contributed by atoms with Gasteiger partial charge >= 0.3 is 11.9 Å². The standard InChI is InChI=1S/C21H24N2O2.C12H15ClO3/c1-3-21-10-6-11-22-12-9-15-14-7-4-5-8-16(14)23(18(15)19(21)22)17(13-21)20(24)25-2;1-4-15-11(14)12(2,3)16-10-7-5-9(13)6-8-10/h4-5,7-8,13,19H,3,6,9-12H2,1-2H3;5-8H,4H2,1-3H3/t19-,21+;/m1./s1. The minimum Gasteiger partial charge on any atom is -0.476 e. The number of carbonyl (C=O) groups excluding carboxylic acids is 2. The smallest absolute Gasteiger partial charge is 0.354 e. The number of benzene rings is 2. The first-order valence-electron chi connectivity index (χ1n) is 14.5. The molecule has 2 atom stereocenters. The fourth-order valence-corrected chi connectivity index (χ4v) is 6.80. The largest absolute Gasteiger partial charge is 0.476 e. The van der Waals surface area contributed by atoms with Gasteiger partial charge in [0.1, 0.15) is 11.4 Å². The Balaban J connectivity index is 0.000000184.